The van der Waals surface area contributed by atoms with Crippen molar-refractivity contribution in [3.63, 3.8) is 0 Å². The molecule has 1 atom stereocenters. The largest absolute Gasteiger partial charge is 0.325 e. The predicted octanol–water partition coefficient (Wildman–Crippen LogP) is 3.43. The molecule has 6 heteroatoms. The Hall–Kier alpha value is -1.40. The first-order valence-electron chi connectivity index (χ1n) is 7.65. The van der Waals surface area contributed by atoms with Crippen LogP contribution in [0.5, 0.6) is 0 Å². The predicted molar refractivity (Wildman–Crippen MR) is 98.3 cm³/mol. The van der Waals surface area contributed by atoms with Crippen LogP contribution in [0.4, 0.5) is 0 Å². The maximum atomic E-state index is 12.2. The van der Waals surface area contributed by atoms with Gasteiger partial charge in [-0.15, -0.1) is 11.8 Å². The van der Waals surface area contributed by atoms with Crippen molar-refractivity contribution in [3.05, 3.63) is 47.3 Å². The summed E-state index contributed by atoms with van der Waals surface area (Å²) >= 11 is 3.49. The van der Waals surface area contributed by atoms with Crippen LogP contribution in [-0.4, -0.2) is 44.9 Å². The Bertz CT molecular complexity index is 699. The molecule has 1 unspecified atom stereocenters. The monoisotopic (exact) mass is 347 g/mol. The number of aromatic nitrogens is 2. The second-order valence-corrected chi connectivity index (χ2v) is 7.63. The molecule has 1 amide bonds. The van der Waals surface area contributed by atoms with Crippen LogP contribution in [0.3, 0.4) is 0 Å². The van der Waals surface area contributed by atoms with E-state index in [9.17, 15) is 4.79 Å². The zero-order valence-corrected chi connectivity index (χ0v) is 15.3. The minimum atomic E-state index is 0.0899. The van der Waals surface area contributed by atoms with Crippen molar-refractivity contribution in [2.75, 3.05) is 24.3 Å². The number of thioether (sulfide) groups is 2. The second kappa shape index (κ2) is 7.01. The quantitative estimate of drug-likeness (QED) is 0.831. The molecule has 1 fully saturated rings. The molecule has 0 saturated carbocycles. The van der Waals surface area contributed by atoms with E-state index >= 15 is 0 Å². The van der Waals surface area contributed by atoms with Crippen molar-refractivity contribution in [1.29, 1.82) is 0 Å². The van der Waals surface area contributed by atoms with Gasteiger partial charge >= 0.3 is 0 Å². The van der Waals surface area contributed by atoms with Gasteiger partial charge in [0.25, 0.3) is 0 Å². The fourth-order valence-electron chi connectivity index (χ4n) is 2.96. The third-order valence-electron chi connectivity index (χ3n) is 4.10. The maximum absolute atomic E-state index is 12.2. The second-order valence-electron chi connectivity index (χ2n) is 5.58. The Morgan fingerprint density at radius 2 is 2.04 bits per heavy atom. The van der Waals surface area contributed by atoms with E-state index in [1.165, 1.54) is 5.56 Å². The highest BCUT2D eigenvalue weighted by Gasteiger charge is 2.35. The van der Waals surface area contributed by atoms with Crippen LogP contribution in [0.2, 0.25) is 0 Å². The number of rotatable bonds is 5. The van der Waals surface area contributed by atoms with E-state index in [-0.39, 0.29) is 11.3 Å². The lowest BCUT2D eigenvalue weighted by molar-refractivity contribution is -0.127. The van der Waals surface area contributed by atoms with Crippen molar-refractivity contribution in [2.45, 2.75) is 19.2 Å². The summed E-state index contributed by atoms with van der Waals surface area (Å²) in [6.07, 6.45) is 2.08. The van der Waals surface area contributed by atoms with Gasteiger partial charge in [0.05, 0.1) is 17.1 Å². The lowest BCUT2D eigenvalue weighted by Gasteiger charge is -2.24. The molecule has 0 N–H and O–H groups in total. The lowest BCUT2D eigenvalue weighted by atomic mass is 10.1. The van der Waals surface area contributed by atoms with E-state index in [1.54, 1.807) is 23.5 Å². The first-order chi connectivity index (χ1) is 11.1. The third kappa shape index (κ3) is 3.15. The van der Waals surface area contributed by atoms with Crippen molar-refractivity contribution in [3.8, 4) is 5.69 Å². The number of hydrogen-bond acceptors (Lipinski definition) is 4. The number of carbonyl (C=O) groups is 1. The van der Waals surface area contributed by atoms with E-state index in [1.807, 2.05) is 34.7 Å². The number of para-hydroxylation sites is 1. The molecule has 0 radical (unpaired) electrons. The van der Waals surface area contributed by atoms with Crippen LogP contribution in [0.1, 0.15) is 22.3 Å². The van der Waals surface area contributed by atoms with Crippen LogP contribution >= 0.6 is 23.5 Å². The molecule has 2 aromatic rings. The van der Waals surface area contributed by atoms with Gasteiger partial charge in [-0.25, -0.2) is 4.68 Å². The van der Waals surface area contributed by atoms with Gasteiger partial charge in [-0.3, -0.25) is 4.79 Å². The van der Waals surface area contributed by atoms with Gasteiger partial charge in [0.1, 0.15) is 5.37 Å². The normalized spacial score (nSPS) is 18.0. The summed E-state index contributed by atoms with van der Waals surface area (Å²) in [4.78, 5) is 14.2. The summed E-state index contributed by atoms with van der Waals surface area (Å²) in [6.45, 7) is 4.93. The Morgan fingerprint density at radius 3 is 2.74 bits per heavy atom. The zero-order chi connectivity index (χ0) is 16.4. The summed E-state index contributed by atoms with van der Waals surface area (Å²) < 4.78 is 1.99. The van der Waals surface area contributed by atoms with Gasteiger partial charge in [0.15, 0.2) is 0 Å². The standard InChI is InChI=1S/C17H21N3OS2/c1-12-16(17-19(9-10-22-3)15(21)11-23-17)13(2)20(18-12)14-7-5-4-6-8-14/h4-8,17H,9-11H2,1-3H3. The van der Waals surface area contributed by atoms with Gasteiger partial charge < -0.3 is 4.90 Å². The van der Waals surface area contributed by atoms with Crippen LogP contribution in [0, 0.1) is 13.8 Å². The van der Waals surface area contributed by atoms with Crippen molar-refractivity contribution in [1.82, 2.24) is 14.7 Å². The van der Waals surface area contributed by atoms with Gasteiger partial charge in [-0.1, -0.05) is 18.2 Å². The molecule has 2 heterocycles. The van der Waals surface area contributed by atoms with E-state index in [0.717, 1.165) is 29.4 Å². The van der Waals surface area contributed by atoms with Gasteiger partial charge in [-0.05, 0) is 32.2 Å². The fourth-order valence-corrected chi connectivity index (χ4v) is 4.71. The Labute approximate surface area is 145 Å². The van der Waals surface area contributed by atoms with E-state index in [4.69, 9.17) is 5.10 Å². The Kier molecular flexibility index (Phi) is 5.02. The average Bonchev–Trinajstić information content (AvgIpc) is 3.06. The van der Waals surface area contributed by atoms with E-state index in [2.05, 4.69) is 25.3 Å². The molecule has 0 aliphatic carbocycles. The SMILES string of the molecule is CSCCN1C(=O)CSC1c1c(C)nn(-c2ccccc2)c1C. The van der Waals surface area contributed by atoms with E-state index in [0.29, 0.717) is 5.75 Å². The topological polar surface area (TPSA) is 38.1 Å². The minimum Gasteiger partial charge on any atom is -0.325 e. The average molecular weight is 348 g/mol. The number of carbonyl (C=O) groups excluding carboxylic acids is 1. The van der Waals surface area contributed by atoms with Crippen LogP contribution in [-0.2, 0) is 4.79 Å². The maximum Gasteiger partial charge on any atom is 0.233 e. The molecule has 1 aliphatic heterocycles. The highest BCUT2D eigenvalue weighted by atomic mass is 32.2. The molecular weight excluding hydrogens is 326 g/mol. The van der Waals surface area contributed by atoms with Crippen LogP contribution in [0.15, 0.2) is 30.3 Å². The molecule has 3 rings (SSSR count). The zero-order valence-electron chi connectivity index (χ0n) is 13.7. The summed E-state index contributed by atoms with van der Waals surface area (Å²) in [5.74, 6) is 1.77. The number of aryl methyl sites for hydroxylation is 1. The van der Waals surface area contributed by atoms with Crippen molar-refractivity contribution < 1.29 is 4.79 Å². The van der Waals surface area contributed by atoms with Crippen LogP contribution < -0.4 is 0 Å². The molecule has 1 saturated heterocycles. The molecule has 1 aliphatic rings. The van der Waals surface area contributed by atoms with Crippen LogP contribution in [0.25, 0.3) is 5.69 Å². The summed E-state index contributed by atoms with van der Waals surface area (Å²) in [5.41, 5.74) is 4.37. The van der Waals surface area contributed by atoms with Crippen molar-refractivity contribution >= 4 is 29.4 Å². The lowest BCUT2D eigenvalue weighted by Crippen LogP contribution is -2.30. The van der Waals surface area contributed by atoms with Gasteiger partial charge in [-0.2, -0.15) is 16.9 Å². The molecular formula is C17H21N3OS2. The minimum absolute atomic E-state index is 0.0899. The first-order valence-corrected chi connectivity index (χ1v) is 10.1. The number of benzene rings is 1. The number of amides is 1. The summed E-state index contributed by atoms with van der Waals surface area (Å²) in [6, 6.07) is 10.2. The fraction of sp³-hybridized carbons (Fsp3) is 0.412. The molecule has 23 heavy (non-hydrogen) atoms. The summed E-state index contributed by atoms with van der Waals surface area (Å²) in [5, 5.41) is 4.81. The molecule has 4 nitrogen and oxygen atoms in total. The Morgan fingerprint density at radius 1 is 1.30 bits per heavy atom. The Balaban J connectivity index is 1.97. The molecule has 0 spiro atoms. The number of hydrogen-bond donors (Lipinski definition) is 0. The number of nitrogens with zero attached hydrogens (tertiary/aromatic N) is 3. The molecule has 122 valence electrons. The van der Waals surface area contributed by atoms with Gasteiger partial charge in [0, 0.05) is 23.6 Å². The highest BCUT2D eigenvalue weighted by molar-refractivity contribution is 8.00. The molecule has 0 bridgehead atoms. The van der Waals surface area contributed by atoms with E-state index < -0.39 is 0 Å². The summed E-state index contributed by atoms with van der Waals surface area (Å²) in [7, 11) is 0. The first kappa shape index (κ1) is 16.5. The third-order valence-corrected chi connectivity index (χ3v) is 5.91. The highest BCUT2D eigenvalue weighted by Crippen LogP contribution is 2.41. The van der Waals surface area contributed by atoms with Crippen molar-refractivity contribution in [2.24, 2.45) is 0 Å². The smallest absolute Gasteiger partial charge is 0.233 e. The van der Waals surface area contributed by atoms with Gasteiger partial charge in [0.2, 0.25) is 5.91 Å². The molecule has 1 aromatic carbocycles. The molecule has 1 aromatic heterocycles.